The molecule has 0 saturated heterocycles. The Kier molecular flexibility index (Phi) is 5.37. The van der Waals surface area contributed by atoms with Gasteiger partial charge >= 0.3 is 0 Å². The van der Waals surface area contributed by atoms with Gasteiger partial charge in [-0.2, -0.15) is 5.26 Å². The molecular formula is C16H13Cl2N3O. The van der Waals surface area contributed by atoms with Crippen molar-refractivity contribution in [1.82, 2.24) is 10.3 Å². The molecule has 4 nitrogen and oxygen atoms in total. The summed E-state index contributed by atoms with van der Waals surface area (Å²) in [6.07, 6.45) is 1.78. The molecule has 0 fully saturated rings. The monoisotopic (exact) mass is 333 g/mol. The van der Waals surface area contributed by atoms with E-state index in [4.69, 9.17) is 23.2 Å². The van der Waals surface area contributed by atoms with Gasteiger partial charge in [-0.1, -0.05) is 41.4 Å². The van der Waals surface area contributed by atoms with Gasteiger partial charge < -0.3 is 5.32 Å². The number of amides is 1. The SMILES string of the molecule is Cc1ccc(CC(=O)N[C@@H](C#N)c2cccc(Cl)c2Cl)cn1. The van der Waals surface area contributed by atoms with E-state index in [0.717, 1.165) is 11.3 Å². The molecule has 1 heterocycles. The third kappa shape index (κ3) is 3.97. The lowest BCUT2D eigenvalue weighted by Crippen LogP contribution is -2.29. The highest BCUT2D eigenvalue weighted by Gasteiger charge is 2.18. The molecule has 1 aromatic heterocycles. The van der Waals surface area contributed by atoms with Crippen molar-refractivity contribution < 1.29 is 4.79 Å². The van der Waals surface area contributed by atoms with Crippen LogP contribution in [0.1, 0.15) is 22.9 Å². The van der Waals surface area contributed by atoms with Crippen molar-refractivity contribution in [2.24, 2.45) is 0 Å². The quantitative estimate of drug-likeness (QED) is 0.929. The Morgan fingerprint density at radius 1 is 1.36 bits per heavy atom. The van der Waals surface area contributed by atoms with E-state index in [1.165, 1.54) is 0 Å². The summed E-state index contributed by atoms with van der Waals surface area (Å²) in [5.74, 6) is -0.284. The standard InChI is InChI=1S/C16H13Cl2N3O/c1-10-5-6-11(9-20-10)7-15(22)21-14(8-19)12-3-2-4-13(17)16(12)18/h2-6,9,14H,7H2,1H3,(H,21,22)/t14-/m0/s1. The maximum atomic E-state index is 12.1. The van der Waals surface area contributed by atoms with Gasteiger partial charge in [-0.25, -0.2) is 0 Å². The van der Waals surface area contributed by atoms with Gasteiger partial charge in [0.2, 0.25) is 5.91 Å². The minimum atomic E-state index is -0.850. The number of hydrogen-bond donors (Lipinski definition) is 1. The van der Waals surface area contributed by atoms with Crippen LogP contribution >= 0.6 is 23.2 Å². The average molecular weight is 334 g/mol. The molecule has 0 bridgehead atoms. The van der Waals surface area contributed by atoms with Gasteiger partial charge in [0.25, 0.3) is 0 Å². The zero-order valence-electron chi connectivity index (χ0n) is 11.8. The fraction of sp³-hybridized carbons (Fsp3) is 0.188. The summed E-state index contributed by atoms with van der Waals surface area (Å²) in [6.45, 7) is 1.87. The van der Waals surface area contributed by atoms with Gasteiger partial charge in [-0.3, -0.25) is 9.78 Å². The summed E-state index contributed by atoms with van der Waals surface area (Å²) in [5, 5.41) is 12.5. The van der Waals surface area contributed by atoms with E-state index in [9.17, 15) is 10.1 Å². The molecule has 22 heavy (non-hydrogen) atoms. The average Bonchev–Trinajstić information content (AvgIpc) is 2.50. The van der Waals surface area contributed by atoms with Gasteiger partial charge in [0.05, 0.1) is 22.5 Å². The number of halogens is 2. The Bertz CT molecular complexity index is 723. The number of nitrogens with zero attached hydrogens (tertiary/aromatic N) is 2. The molecule has 0 saturated carbocycles. The van der Waals surface area contributed by atoms with Crippen LogP contribution < -0.4 is 5.32 Å². The molecule has 0 aliphatic rings. The first-order chi connectivity index (χ1) is 10.5. The minimum absolute atomic E-state index is 0.143. The molecule has 2 rings (SSSR count). The van der Waals surface area contributed by atoms with E-state index in [1.54, 1.807) is 24.4 Å². The molecule has 6 heteroatoms. The summed E-state index contributed by atoms with van der Waals surface area (Å²) < 4.78 is 0. The second-order valence-electron chi connectivity index (χ2n) is 4.76. The molecule has 0 aliphatic heterocycles. The van der Waals surface area contributed by atoms with Gasteiger partial charge in [-0.15, -0.1) is 0 Å². The number of nitriles is 1. The number of carbonyl (C=O) groups is 1. The highest BCUT2D eigenvalue weighted by Crippen LogP contribution is 2.29. The number of benzene rings is 1. The van der Waals surface area contributed by atoms with Gasteiger partial charge in [0, 0.05) is 17.5 Å². The van der Waals surface area contributed by atoms with Crippen LogP contribution in [0.25, 0.3) is 0 Å². The first kappa shape index (κ1) is 16.3. The fourth-order valence-corrected chi connectivity index (χ4v) is 2.34. The van der Waals surface area contributed by atoms with Crippen molar-refractivity contribution in [3.63, 3.8) is 0 Å². The van der Waals surface area contributed by atoms with Crippen molar-refractivity contribution in [1.29, 1.82) is 5.26 Å². The second kappa shape index (κ2) is 7.26. The Hall–Kier alpha value is -2.09. The largest absolute Gasteiger partial charge is 0.336 e. The lowest BCUT2D eigenvalue weighted by atomic mass is 10.1. The molecule has 1 amide bonds. The van der Waals surface area contributed by atoms with Crippen molar-refractivity contribution in [2.75, 3.05) is 0 Å². The summed E-state index contributed by atoms with van der Waals surface area (Å²) >= 11 is 12.0. The highest BCUT2D eigenvalue weighted by atomic mass is 35.5. The van der Waals surface area contributed by atoms with Crippen LogP contribution in [-0.4, -0.2) is 10.9 Å². The van der Waals surface area contributed by atoms with Crippen LogP contribution in [0.15, 0.2) is 36.5 Å². The van der Waals surface area contributed by atoms with Gasteiger partial charge in [-0.05, 0) is 24.6 Å². The minimum Gasteiger partial charge on any atom is -0.336 e. The summed E-state index contributed by atoms with van der Waals surface area (Å²) in [7, 11) is 0. The summed E-state index contributed by atoms with van der Waals surface area (Å²) in [6, 6.07) is 9.81. The first-order valence-corrected chi connectivity index (χ1v) is 7.31. The van der Waals surface area contributed by atoms with Crippen molar-refractivity contribution >= 4 is 29.1 Å². The number of carbonyl (C=O) groups excluding carboxylic acids is 1. The van der Waals surface area contributed by atoms with Gasteiger partial charge in [0.15, 0.2) is 0 Å². The van der Waals surface area contributed by atoms with E-state index in [1.807, 2.05) is 25.1 Å². The van der Waals surface area contributed by atoms with Crippen molar-refractivity contribution in [3.05, 3.63) is 63.4 Å². The molecule has 0 aliphatic carbocycles. The summed E-state index contributed by atoms with van der Waals surface area (Å²) in [4.78, 5) is 16.2. The van der Waals surface area contributed by atoms with E-state index < -0.39 is 6.04 Å². The Labute approximate surface area is 138 Å². The predicted molar refractivity (Wildman–Crippen MR) is 85.6 cm³/mol. The summed E-state index contributed by atoms with van der Waals surface area (Å²) in [5.41, 5.74) is 2.13. The third-order valence-corrected chi connectivity index (χ3v) is 3.90. The van der Waals surface area contributed by atoms with Crippen molar-refractivity contribution in [2.45, 2.75) is 19.4 Å². The third-order valence-electron chi connectivity index (χ3n) is 3.06. The van der Waals surface area contributed by atoms with Crippen molar-refractivity contribution in [3.8, 4) is 6.07 Å². The maximum Gasteiger partial charge on any atom is 0.225 e. The van der Waals surface area contributed by atoms with Crippen LogP contribution in [-0.2, 0) is 11.2 Å². The van der Waals surface area contributed by atoms with Crippen LogP contribution in [0.3, 0.4) is 0 Å². The number of aryl methyl sites for hydroxylation is 1. The molecule has 0 spiro atoms. The number of rotatable bonds is 4. The lowest BCUT2D eigenvalue weighted by Gasteiger charge is -2.14. The van der Waals surface area contributed by atoms with E-state index >= 15 is 0 Å². The number of hydrogen-bond acceptors (Lipinski definition) is 3. The molecule has 112 valence electrons. The van der Waals surface area contributed by atoms with Crippen LogP contribution in [0, 0.1) is 18.3 Å². The van der Waals surface area contributed by atoms with Crippen LogP contribution in [0.4, 0.5) is 0 Å². The van der Waals surface area contributed by atoms with Crippen LogP contribution in [0.5, 0.6) is 0 Å². The molecule has 0 unspecified atom stereocenters. The number of aromatic nitrogens is 1. The van der Waals surface area contributed by atoms with E-state index in [-0.39, 0.29) is 17.4 Å². The Morgan fingerprint density at radius 2 is 2.14 bits per heavy atom. The van der Waals surface area contributed by atoms with Gasteiger partial charge in [0.1, 0.15) is 6.04 Å². The maximum absolute atomic E-state index is 12.1. The van der Waals surface area contributed by atoms with E-state index in [2.05, 4.69) is 10.3 Å². The Morgan fingerprint density at radius 3 is 2.77 bits per heavy atom. The molecular weight excluding hydrogens is 321 g/mol. The number of nitrogens with one attached hydrogen (secondary N) is 1. The zero-order valence-corrected chi connectivity index (χ0v) is 13.3. The molecule has 1 N–H and O–H groups in total. The van der Waals surface area contributed by atoms with Crippen LogP contribution in [0.2, 0.25) is 10.0 Å². The Balaban J connectivity index is 2.10. The molecule has 2 aromatic rings. The second-order valence-corrected chi connectivity index (χ2v) is 5.54. The number of pyridine rings is 1. The lowest BCUT2D eigenvalue weighted by molar-refractivity contribution is -0.120. The normalized spacial score (nSPS) is 11.5. The van der Waals surface area contributed by atoms with E-state index in [0.29, 0.717) is 10.6 Å². The fourth-order valence-electron chi connectivity index (χ4n) is 1.92. The molecule has 0 radical (unpaired) electrons. The highest BCUT2D eigenvalue weighted by molar-refractivity contribution is 6.42. The predicted octanol–water partition coefficient (Wildman–Crippen LogP) is 3.62. The zero-order chi connectivity index (χ0) is 16.1. The first-order valence-electron chi connectivity index (χ1n) is 6.55. The molecule has 1 atom stereocenters. The topological polar surface area (TPSA) is 65.8 Å². The smallest absolute Gasteiger partial charge is 0.225 e. The molecule has 1 aromatic carbocycles.